The van der Waals surface area contributed by atoms with Gasteiger partial charge in [-0.15, -0.1) is 0 Å². The summed E-state index contributed by atoms with van der Waals surface area (Å²) >= 11 is 1.93. The lowest BCUT2D eigenvalue weighted by atomic mass is 10.0. The fourth-order valence-corrected chi connectivity index (χ4v) is 3.23. The summed E-state index contributed by atoms with van der Waals surface area (Å²) in [6, 6.07) is 11.3. The molecule has 108 valence electrons. The summed E-state index contributed by atoms with van der Waals surface area (Å²) in [5, 5.41) is 0. The van der Waals surface area contributed by atoms with Crippen LogP contribution in [0.15, 0.2) is 30.3 Å². The summed E-state index contributed by atoms with van der Waals surface area (Å²) in [6.45, 7) is 3.41. The minimum atomic E-state index is 0.176. The van der Waals surface area contributed by atoms with E-state index in [9.17, 15) is 0 Å². The van der Waals surface area contributed by atoms with Gasteiger partial charge in [0.2, 0.25) is 0 Å². The smallest absolute Gasteiger partial charge is 0.0295 e. The zero-order valence-corrected chi connectivity index (χ0v) is 13.3. The molecule has 0 aliphatic carbocycles. The molecule has 19 heavy (non-hydrogen) atoms. The van der Waals surface area contributed by atoms with Gasteiger partial charge in [0.05, 0.1) is 0 Å². The van der Waals surface area contributed by atoms with Crippen molar-refractivity contribution in [2.45, 2.75) is 38.3 Å². The van der Waals surface area contributed by atoms with E-state index >= 15 is 0 Å². The maximum absolute atomic E-state index is 6.23. The Balaban J connectivity index is 2.29. The molecule has 0 amide bonds. The second-order valence-electron chi connectivity index (χ2n) is 5.16. The van der Waals surface area contributed by atoms with Crippen molar-refractivity contribution in [2.75, 3.05) is 25.6 Å². The van der Waals surface area contributed by atoms with Crippen LogP contribution in [0.3, 0.4) is 0 Å². The van der Waals surface area contributed by atoms with Crippen LogP contribution in [0.25, 0.3) is 0 Å². The molecular formula is C16H28N2S. The van der Waals surface area contributed by atoms with Crippen molar-refractivity contribution in [1.29, 1.82) is 0 Å². The number of nitrogens with zero attached hydrogens (tertiary/aromatic N) is 1. The third-order valence-electron chi connectivity index (χ3n) is 3.71. The summed E-state index contributed by atoms with van der Waals surface area (Å²) in [5.74, 6) is 1.22. The average Bonchev–Trinajstić information content (AvgIpc) is 2.45. The Bertz CT molecular complexity index is 329. The highest BCUT2D eigenvalue weighted by Crippen LogP contribution is 2.16. The number of thioether (sulfide) groups is 1. The number of rotatable bonds is 9. The zero-order chi connectivity index (χ0) is 14.1. The lowest BCUT2D eigenvalue weighted by molar-refractivity contribution is 0.249. The van der Waals surface area contributed by atoms with Crippen molar-refractivity contribution in [1.82, 2.24) is 4.90 Å². The predicted octanol–water partition coefficient (Wildman–Crippen LogP) is 3.54. The van der Waals surface area contributed by atoms with Gasteiger partial charge in [0.25, 0.3) is 0 Å². The Morgan fingerprint density at radius 3 is 2.53 bits per heavy atom. The molecule has 2 atom stereocenters. The van der Waals surface area contributed by atoms with E-state index in [1.807, 2.05) is 17.8 Å². The van der Waals surface area contributed by atoms with E-state index in [2.05, 4.69) is 49.4 Å². The largest absolute Gasteiger partial charge is 0.324 e. The minimum Gasteiger partial charge on any atom is -0.324 e. The van der Waals surface area contributed by atoms with Gasteiger partial charge in [0.15, 0.2) is 0 Å². The number of nitrogens with two attached hydrogens (primary N) is 1. The molecule has 0 heterocycles. The highest BCUT2D eigenvalue weighted by molar-refractivity contribution is 7.98. The average molecular weight is 280 g/mol. The van der Waals surface area contributed by atoms with Crippen LogP contribution in [0.5, 0.6) is 0 Å². The van der Waals surface area contributed by atoms with Gasteiger partial charge in [-0.3, -0.25) is 0 Å². The van der Waals surface area contributed by atoms with E-state index in [-0.39, 0.29) is 6.04 Å². The zero-order valence-electron chi connectivity index (χ0n) is 12.5. The van der Waals surface area contributed by atoms with Gasteiger partial charge in [-0.25, -0.2) is 0 Å². The van der Waals surface area contributed by atoms with Gasteiger partial charge in [0, 0.05) is 17.8 Å². The van der Waals surface area contributed by atoms with Crippen LogP contribution in [-0.4, -0.2) is 36.5 Å². The molecule has 2 nitrogen and oxygen atoms in total. The Labute approximate surface area is 122 Å². The summed E-state index contributed by atoms with van der Waals surface area (Å²) in [4.78, 5) is 2.48. The van der Waals surface area contributed by atoms with E-state index < -0.39 is 0 Å². The quantitative estimate of drug-likeness (QED) is 0.750. The third-order valence-corrected chi connectivity index (χ3v) is 4.43. The van der Waals surface area contributed by atoms with E-state index in [0.717, 1.165) is 19.4 Å². The first kappa shape index (κ1) is 16.5. The normalized spacial score (nSPS) is 14.6. The molecule has 2 unspecified atom stereocenters. The molecule has 0 aromatic heterocycles. The number of hydrogen-bond acceptors (Lipinski definition) is 3. The Kier molecular flexibility index (Phi) is 8.19. The second-order valence-corrected chi connectivity index (χ2v) is 6.07. The minimum absolute atomic E-state index is 0.176. The first-order chi connectivity index (χ1) is 9.19. The molecule has 1 rings (SSSR count). The highest BCUT2D eigenvalue weighted by Gasteiger charge is 2.12. The van der Waals surface area contributed by atoms with Crippen LogP contribution >= 0.6 is 11.8 Å². The highest BCUT2D eigenvalue weighted by atomic mass is 32.2. The third kappa shape index (κ3) is 5.98. The van der Waals surface area contributed by atoms with E-state index in [1.165, 1.54) is 17.7 Å². The van der Waals surface area contributed by atoms with E-state index in [4.69, 9.17) is 5.73 Å². The summed E-state index contributed by atoms with van der Waals surface area (Å²) in [6.07, 6.45) is 5.63. The molecule has 1 aromatic carbocycles. The molecule has 3 heteroatoms. The fourth-order valence-electron chi connectivity index (χ4n) is 2.36. The molecule has 0 radical (unpaired) electrons. The molecule has 0 spiro atoms. The molecule has 2 N–H and O–H groups in total. The molecule has 0 fully saturated rings. The van der Waals surface area contributed by atoms with Gasteiger partial charge in [-0.2, -0.15) is 11.8 Å². The standard InChI is InChI=1S/C16H28N2S/c1-4-15(13-19-3)18(2)12-8-11-16(17)14-9-6-5-7-10-14/h5-7,9-10,15-16H,4,8,11-13,17H2,1-3H3. The molecule has 1 aromatic rings. The van der Waals surface area contributed by atoms with Crippen molar-refractivity contribution in [3.63, 3.8) is 0 Å². The lowest BCUT2D eigenvalue weighted by Gasteiger charge is -2.27. The van der Waals surface area contributed by atoms with Crippen LogP contribution in [0.1, 0.15) is 37.8 Å². The van der Waals surface area contributed by atoms with Gasteiger partial charge < -0.3 is 10.6 Å². The number of hydrogen-bond donors (Lipinski definition) is 1. The monoisotopic (exact) mass is 280 g/mol. The van der Waals surface area contributed by atoms with Crippen molar-refractivity contribution in [3.8, 4) is 0 Å². The van der Waals surface area contributed by atoms with Gasteiger partial charge in [0.1, 0.15) is 0 Å². The molecule has 0 saturated heterocycles. The van der Waals surface area contributed by atoms with Crippen LogP contribution in [0, 0.1) is 0 Å². The molecule has 0 bridgehead atoms. The van der Waals surface area contributed by atoms with Gasteiger partial charge in [-0.1, -0.05) is 37.3 Å². The summed E-state index contributed by atoms with van der Waals surface area (Å²) < 4.78 is 0. The maximum Gasteiger partial charge on any atom is 0.0295 e. The summed E-state index contributed by atoms with van der Waals surface area (Å²) in [5.41, 5.74) is 7.48. The van der Waals surface area contributed by atoms with Crippen LogP contribution in [0.2, 0.25) is 0 Å². The molecule has 0 aliphatic rings. The van der Waals surface area contributed by atoms with Crippen molar-refractivity contribution < 1.29 is 0 Å². The predicted molar refractivity (Wildman–Crippen MR) is 87.7 cm³/mol. The Morgan fingerprint density at radius 2 is 1.95 bits per heavy atom. The van der Waals surface area contributed by atoms with E-state index in [1.54, 1.807) is 0 Å². The summed E-state index contributed by atoms with van der Waals surface area (Å²) in [7, 11) is 2.23. The Hall–Kier alpha value is -0.510. The van der Waals surface area contributed by atoms with Crippen molar-refractivity contribution in [3.05, 3.63) is 35.9 Å². The van der Waals surface area contributed by atoms with Crippen molar-refractivity contribution in [2.24, 2.45) is 5.73 Å². The lowest BCUT2D eigenvalue weighted by Crippen LogP contribution is -2.34. The number of benzene rings is 1. The van der Waals surface area contributed by atoms with Crippen LogP contribution in [0.4, 0.5) is 0 Å². The second kappa shape index (κ2) is 9.40. The molecule has 0 saturated carbocycles. The first-order valence-electron chi connectivity index (χ1n) is 7.18. The SMILES string of the molecule is CCC(CSC)N(C)CCCC(N)c1ccccc1. The van der Waals surface area contributed by atoms with Crippen molar-refractivity contribution >= 4 is 11.8 Å². The molecular weight excluding hydrogens is 252 g/mol. The first-order valence-corrected chi connectivity index (χ1v) is 8.58. The van der Waals surface area contributed by atoms with Gasteiger partial charge in [-0.05, 0) is 44.7 Å². The molecule has 0 aliphatic heterocycles. The van der Waals surface area contributed by atoms with E-state index in [0.29, 0.717) is 6.04 Å². The topological polar surface area (TPSA) is 29.3 Å². The Morgan fingerprint density at radius 1 is 1.26 bits per heavy atom. The van der Waals surface area contributed by atoms with Crippen LogP contribution < -0.4 is 5.73 Å². The van der Waals surface area contributed by atoms with Gasteiger partial charge >= 0.3 is 0 Å². The fraction of sp³-hybridized carbons (Fsp3) is 0.625. The van der Waals surface area contributed by atoms with Crippen LogP contribution in [-0.2, 0) is 0 Å². The maximum atomic E-state index is 6.23.